The zero-order chi connectivity index (χ0) is 15.1. The van der Waals surface area contributed by atoms with Crippen LogP contribution in [-0.2, 0) is 19.1 Å². The molecular formula is C11H16F3NO4. The molecule has 1 saturated heterocycles. The Morgan fingerprint density at radius 2 is 1.89 bits per heavy atom. The van der Waals surface area contributed by atoms with E-state index in [1.54, 1.807) is 13.8 Å². The smallest absolute Gasteiger partial charge is 0.430 e. The number of alkyl halides is 3. The van der Waals surface area contributed by atoms with E-state index in [4.69, 9.17) is 10.5 Å². The lowest BCUT2D eigenvalue weighted by Crippen LogP contribution is -2.58. The number of esters is 1. The van der Waals surface area contributed by atoms with Crippen LogP contribution in [0, 0.1) is 5.92 Å². The Morgan fingerprint density at radius 1 is 1.42 bits per heavy atom. The van der Waals surface area contributed by atoms with E-state index in [0.717, 1.165) is 0 Å². The van der Waals surface area contributed by atoms with E-state index in [0.29, 0.717) is 0 Å². The average Bonchev–Trinajstić information content (AvgIpc) is 2.93. The monoisotopic (exact) mass is 283 g/mol. The van der Waals surface area contributed by atoms with Crippen molar-refractivity contribution in [3.05, 3.63) is 0 Å². The van der Waals surface area contributed by atoms with Crippen LogP contribution in [0.4, 0.5) is 13.2 Å². The van der Waals surface area contributed by atoms with Crippen molar-refractivity contribution in [3.8, 4) is 0 Å². The summed E-state index contributed by atoms with van der Waals surface area (Å²) in [5, 5.41) is 0. The van der Waals surface area contributed by atoms with Crippen LogP contribution in [0.1, 0.15) is 27.2 Å². The summed E-state index contributed by atoms with van der Waals surface area (Å²) in [6, 6.07) is 0. The molecule has 0 aromatic rings. The number of Topliss-reactive ketones (excluding diaryl/α,β-unsaturated/α-hetero) is 1. The number of hydrogen-bond donors (Lipinski definition) is 1. The lowest BCUT2D eigenvalue weighted by Gasteiger charge is -2.30. The number of ketones is 1. The molecule has 1 fully saturated rings. The second-order valence-electron chi connectivity index (χ2n) is 5.22. The van der Waals surface area contributed by atoms with E-state index < -0.39 is 29.3 Å². The molecule has 1 aliphatic rings. The highest BCUT2D eigenvalue weighted by Gasteiger charge is 2.58. The van der Waals surface area contributed by atoms with Crippen molar-refractivity contribution < 1.29 is 32.2 Å². The zero-order valence-corrected chi connectivity index (χ0v) is 10.8. The lowest BCUT2D eigenvalue weighted by molar-refractivity contribution is -0.215. The molecule has 0 aromatic heterocycles. The summed E-state index contributed by atoms with van der Waals surface area (Å²) in [6.07, 6.45) is -5.42. The molecule has 8 heteroatoms. The molecule has 1 rings (SSSR count). The van der Waals surface area contributed by atoms with Gasteiger partial charge >= 0.3 is 12.1 Å². The van der Waals surface area contributed by atoms with Crippen molar-refractivity contribution in [2.45, 2.75) is 44.7 Å². The normalized spacial score (nSPS) is 25.9. The van der Waals surface area contributed by atoms with Crippen LogP contribution in [-0.4, -0.2) is 35.9 Å². The average molecular weight is 283 g/mol. The van der Waals surface area contributed by atoms with Gasteiger partial charge in [-0.05, 0) is 12.8 Å². The Hall–Kier alpha value is -1.15. The standard InChI is InChI=1S/C11H16F3NO4/c1-6(2)4-10(15,7(16)9(3)5-18-9)19-8(17)11(12,13)14/h6H,4-5,15H2,1-3H3/t9-,10+/m1/s1. The topological polar surface area (TPSA) is 81.9 Å². The van der Waals surface area contributed by atoms with Gasteiger partial charge in [-0.25, -0.2) is 4.79 Å². The molecule has 5 nitrogen and oxygen atoms in total. The van der Waals surface area contributed by atoms with Gasteiger partial charge in [0.1, 0.15) is 0 Å². The van der Waals surface area contributed by atoms with E-state index in [1.807, 2.05) is 0 Å². The maximum Gasteiger partial charge on any atom is 0.491 e. The van der Waals surface area contributed by atoms with Gasteiger partial charge in [-0.1, -0.05) is 13.8 Å². The molecule has 0 bridgehead atoms. The predicted octanol–water partition coefficient (Wildman–Crippen LogP) is 1.15. The maximum atomic E-state index is 12.2. The van der Waals surface area contributed by atoms with Crippen molar-refractivity contribution in [2.24, 2.45) is 11.7 Å². The molecule has 2 atom stereocenters. The number of nitrogens with two attached hydrogens (primary N) is 1. The third-order valence-corrected chi connectivity index (χ3v) is 2.66. The Morgan fingerprint density at radius 3 is 2.21 bits per heavy atom. The van der Waals surface area contributed by atoms with Gasteiger partial charge in [0.25, 0.3) is 0 Å². The van der Waals surface area contributed by atoms with Crippen LogP contribution in [0.15, 0.2) is 0 Å². The quantitative estimate of drug-likeness (QED) is 0.465. The fraction of sp³-hybridized carbons (Fsp3) is 0.818. The van der Waals surface area contributed by atoms with Crippen molar-refractivity contribution >= 4 is 11.8 Å². The Kier molecular flexibility index (Phi) is 3.98. The molecule has 0 aliphatic carbocycles. The minimum Gasteiger partial charge on any atom is -0.430 e. The van der Waals surface area contributed by atoms with Crippen LogP contribution in [0.5, 0.6) is 0 Å². The Labute approximate surface area is 108 Å². The summed E-state index contributed by atoms with van der Waals surface area (Å²) in [4.78, 5) is 22.9. The third kappa shape index (κ3) is 3.66. The van der Waals surface area contributed by atoms with Gasteiger partial charge in [0, 0.05) is 6.42 Å². The fourth-order valence-electron chi connectivity index (χ4n) is 1.70. The van der Waals surface area contributed by atoms with Gasteiger partial charge in [-0.3, -0.25) is 10.5 Å². The van der Waals surface area contributed by atoms with Crippen molar-refractivity contribution in [3.63, 3.8) is 0 Å². The summed E-state index contributed by atoms with van der Waals surface area (Å²) in [7, 11) is 0. The Bertz CT molecular complexity index is 390. The molecule has 0 amide bonds. The van der Waals surface area contributed by atoms with E-state index in [-0.39, 0.29) is 18.9 Å². The van der Waals surface area contributed by atoms with Crippen molar-refractivity contribution in [1.82, 2.24) is 0 Å². The van der Waals surface area contributed by atoms with Crippen LogP contribution in [0.3, 0.4) is 0 Å². The first-order valence-corrected chi connectivity index (χ1v) is 5.68. The second-order valence-corrected chi connectivity index (χ2v) is 5.22. The highest BCUT2D eigenvalue weighted by molar-refractivity contribution is 5.97. The van der Waals surface area contributed by atoms with Crippen LogP contribution < -0.4 is 5.73 Å². The Balaban J connectivity index is 2.93. The molecule has 110 valence electrons. The number of carbonyl (C=O) groups is 2. The second kappa shape index (κ2) is 4.75. The first-order chi connectivity index (χ1) is 8.41. The van der Waals surface area contributed by atoms with Gasteiger partial charge in [-0.15, -0.1) is 0 Å². The van der Waals surface area contributed by atoms with Gasteiger partial charge in [0.15, 0.2) is 5.60 Å². The van der Waals surface area contributed by atoms with Crippen LogP contribution >= 0.6 is 0 Å². The maximum absolute atomic E-state index is 12.2. The molecule has 0 saturated carbocycles. The first-order valence-electron chi connectivity index (χ1n) is 5.68. The van der Waals surface area contributed by atoms with Gasteiger partial charge in [-0.2, -0.15) is 13.2 Å². The highest BCUT2D eigenvalue weighted by atomic mass is 19.4. The summed E-state index contributed by atoms with van der Waals surface area (Å²) in [6.45, 7) is 4.73. The molecule has 0 radical (unpaired) electrons. The molecule has 2 N–H and O–H groups in total. The largest absolute Gasteiger partial charge is 0.491 e. The van der Waals surface area contributed by atoms with E-state index in [9.17, 15) is 22.8 Å². The first kappa shape index (κ1) is 15.9. The zero-order valence-electron chi connectivity index (χ0n) is 10.8. The summed E-state index contributed by atoms with van der Waals surface area (Å²) < 4.78 is 45.7. The number of ether oxygens (including phenoxy) is 2. The van der Waals surface area contributed by atoms with Crippen molar-refractivity contribution in [1.29, 1.82) is 0 Å². The van der Waals surface area contributed by atoms with E-state index >= 15 is 0 Å². The van der Waals surface area contributed by atoms with Gasteiger partial charge < -0.3 is 9.47 Å². The number of rotatable bonds is 5. The number of epoxide rings is 1. The number of hydrogen-bond acceptors (Lipinski definition) is 5. The van der Waals surface area contributed by atoms with E-state index in [1.165, 1.54) is 6.92 Å². The van der Waals surface area contributed by atoms with Crippen molar-refractivity contribution in [2.75, 3.05) is 6.61 Å². The SMILES string of the molecule is CC(C)C[C@](N)(OC(=O)C(F)(F)F)C(=O)[C@@]1(C)CO1. The highest BCUT2D eigenvalue weighted by Crippen LogP contribution is 2.34. The van der Waals surface area contributed by atoms with Gasteiger partial charge in [0.2, 0.25) is 11.5 Å². The van der Waals surface area contributed by atoms with Crippen LogP contribution in [0.2, 0.25) is 0 Å². The fourth-order valence-corrected chi connectivity index (χ4v) is 1.70. The third-order valence-electron chi connectivity index (χ3n) is 2.66. The molecule has 0 aromatic carbocycles. The number of halogens is 3. The van der Waals surface area contributed by atoms with Gasteiger partial charge in [0.05, 0.1) is 6.61 Å². The molecule has 1 aliphatic heterocycles. The molecular weight excluding hydrogens is 267 g/mol. The summed E-state index contributed by atoms with van der Waals surface area (Å²) >= 11 is 0. The molecule has 19 heavy (non-hydrogen) atoms. The number of carbonyl (C=O) groups excluding carboxylic acids is 2. The summed E-state index contributed by atoms with van der Waals surface area (Å²) in [5.41, 5.74) is 2.00. The van der Waals surface area contributed by atoms with E-state index in [2.05, 4.69) is 4.74 Å². The molecule has 0 spiro atoms. The molecule has 1 heterocycles. The molecule has 0 unspecified atom stereocenters. The minimum atomic E-state index is -5.20. The predicted molar refractivity (Wildman–Crippen MR) is 57.9 cm³/mol. The summed E-state index contributed by atoms with van der Waals surface area (Å²) in [5.74, 6) is -3.57. The lowest BCUT2D eigenvalue weighted by atomic mass is 9.90. The minimum absolute atomic E-state index is 0.0481. The van der Waals surface area contributed by atoms with Crippen LogP contribution in [0.25, 0.3) is 0 Å².